The summed E-state index contributed by atoms with van der Waals surface area (Å²) in [7, 11) is 0. The van der Waals surface area contributed by atoms with Crippen molar-refractivity contribution in [2.24, 2.45) is 5.92 Å². The van der Waals surface area contributed by atoms with Crippen molar-refractivity contribution < 1.29 is 0 Å². The Morgan fingerprint density at radius 3 is 2.73 bits per heavy atom. The van der Waals surface area contributed by atoms with Gasteiger partial charge in [-0.15, -0.1) is 0 Å². The fourth-order valence-electron chi connectivity index (χ4n) is 1.41. The first-order valence-electron chi connectivity index (χ1n) is 4.36. The minimum atomic E-state index is 0.612. The predicted octanol–water partition coefficient (Wildman–Crippen LogP) is 2.12. The largest absolute Gasteiger partial charge is 0.310 e. The Kier molecular flexibility index (Phi) is 3.37. The summed E-state index contributed by atoms with van der Waals surface area (Å²) >= 11 is 0. The smallest absolute Gasteiger partial charge is 0.0256 e. The fraction of sp³-hybridized carbons (Fsp3) is 0.600. The lowest BCUT2D eigenvalue weighted by molar-refractivity contribution is 0.641. The van der Waals surface area contributed by atoms with E-state index in [0.29, 0.717) is 6.04 Å². The molecule has 0 aromatic rings. The highest BCUT2D eigenvalue weighted by Crippen LogP contribution is 2.13. The van der Waals surface area contributed by atoms with Crippen molar-refractivity contribution in [1.29, 1.82) is 0 Å². The second-order valence-electron chi connectivity index (χ2n) is 3.27. The lowest BCUT2D eigenvalue weighted by atomic mass is 10.1. The van der Waals surface area contributed by atoms with Crippen LogP contribution in [0.2, 0.25) is 0 Å². The molecule has 1 saturated heterocycles. The van der Waals surface area contributed by atoms with Gasteiger partial charge in [0.25, 0.3) is 0 Å². The van der Waals surface area contributed by atoms with Crippen LogP contribution in [0.15, 0.2) is 24.3 Å². The molecule has 1 aliphatic rings. The average Bonchev–Trinajstić information content (AvgIpc) is 2.37. The highest BCUT2D eigenvalue weighted by Gasteiger charge is 2.16. The molecular formula is C10H17N. The second-order valence-corrected chi connectivity index (χ2v) is 3.27. The molecule has 1 N–H and O–H groups in total. The van der Waals surface area contributed by atoms with Gasteiger partial charge in [0.15, 0.2) is 0 Å². The molecule has 0 spiro atoms. The minimum absolute atomic E-state index is 0.612. The number of hydrogen-bond donors (Lipinski definition) is 1. The van der Waals surface area contributed by atoms with Crippen molar-refractivity contribution in [3.63, 3.8) is 0 Å². The molecule has 0 amide bonds. The summed E-state index contributed by atoms with van der Waals surface area (Å²) in [4.78, 5) is 0. The van der Waals surface area contributed by atoms with E-state index in [-0.39, 0.29) is 0 Å². The fourth-order valence-corrected chi connectivity index (χ4v) is 1.41. The van der Waals surface area contributed by atoms with Gasteiger partial charge in [-0.2, -0.15) is 0 Å². The molecule has 0 bridgehead atoms. The van der Waals surface area contributed by atoms with Crippen LogP contribution in [0.1, 0.15) is 20.3 Å². The lowest BCUT2D eigenvalue weighted by Crippen LogP contribution is -2.18. The van der Waals surface area contributed by atoms with Crippen LogP contribution in [-0.4, -0.2) is 12.6 Å². The third-order valence-corrected chi connectivity index (χ3v) is 2.03. The second kappa shape index (κ2) is 4.35. The Morgan fingerprint density at radius 2 is 2.18 bits per heavy atom. The molecule has 0 unspecified atom stereocenters. The molecule has 0 aliphatic carbocycles. The van der Waals surface area contributed by atoms with Gasteiger partial charge < -0.3 is 5.32 Å². The molecule has 11 heavy (non-hydrogen) atoms. The zero-order valence-corrected chi connectivity index (χ0v) is 7.38. The van der Waals surface area contributed by atoms with Gasteiger partial charge in [0, 0.05) is 6.04 Å². The molecule has 1 aliphatic heterocycles. The summed E-state index contributed by atoms with van der Waals surface area (Å²) in [5.74, 6) is 0.843. The number of nitrogens with one attached hydrogen (secondary N) is 1. The number of hydrogen-bond acceptors (Lipinski definition) is 1. The van der Waals surface area contributed by atoms with Crippen LogP contribution in [0.25, 0.3) is 0 Å². The molecule has 0 aromatic carbocycles. The van der Waals surface area contributed by atoms with E-state index in [4.69, 9.17) is 0 Å². The first kappa shape index (κ1) is 8.54. The first-order valence-corrected chi connectivity index (χ1v) is 4.36. The Morgan fingerprint density at radius 1 is 1.36 bits per heavy atom. The van der Waals surface area contributed by atoms with Crippen molar-refractivity contribution in [1.82, 2.24) is 5.32 Å². The van der Waals surface area contributed by atoms with Gasteiger partial charge in [-0.05, 0) is 25.8 Å². The van der Waals surface area contributed by atoms with E-state index in [1.54, 1.807) is 0 Å². The quantitative estimate of drug-likeness (QED) is 0.596. The molecule has 0 saturated carbocycles. The highest BCUT2D eigenvalue weighted by atomic mass is 14.9. The van der Waals surface area contributed by atoms with E-state index >= 15 is 0 Å². The first-order chi connectivity index (χ1) is 5.33. The van der Waals surface area contributed by atoms with Crippen LogP contribution >= 0.6 is 0 Å². The van der Waals surface area contributed by atoms with Crippen molar-refractivity contribution in [2.75, 3.05) is 6.54 Å². The van der Waals surface area contributed by atoms with Gasteiger partial charge in [0.05, 0.1) is 0 Å². The summed E-state index contributed by atoms with van der Waals surface area (Å²) < 4.78 is 0. The summed E-state index contributed by atoms with van der Waals surface area (Å²) in [6.45, 7) is 5.50. The van der Waals surface area contributed by atoms with Crippen LogP contribution in [-0.2, 0) is 0 Å². The SMILES string of the molecule is C/C=C\C=C/[C@@H]1C[C@@H](C)CN1. The van der Waals surface area contributed by atoms with Gasteiger partial charge in [-0.25, -0.2) is 0 Å². The van der Waals surface area contributed by atoms with Crippen LogP contribution in [0, 0.1) is 5.92 Å². The Labute approximate surface area is 69.2 Å². The van der Waals surface area contributed by atoms with Gasteiger partial charge in [-0.3, -0.25) is 0 Å². The molecule has 0 aromatic heterocycles. The normalized spacial score (nSPS) is 32.5. The van der Waals surface area contributed by atoms with E-state index in [9.17, 15) is 0 Å². The molecule has 1 fully saturated rings. The standard InChI is InChI=1S/C10H17N/c1-3-4-5-6-10-7-9(2)8-11-10/h3-6,9-11H,7-8H2,1-2H3/b4-3-,6-5-/t9-,10-/m1/s1. The molecule has 1 nitrogen and oxygen atoms in total. The summed E-state index contributed by atoms with van der Waals surface area (Å²) in [5.41, 5.74) is 0. The highest BCUT2D eigenvalue weighted by molar-refractivity contribution is 5.07. The molecule has 0 radical (unpaired) electrons. The topological polar surface area (TPSA) is 12.0 Å². The molecule has 1 heteroatoms. The Bertz CT molecular complexity index is 158. The zero-order valence-electron chi connectivity index (χ0n) is 7.38. The third kappa shape index (κ3) is 2.89. The van der Waals surface area contributed by atoms with Gasteiger partial charge in [-0.1, -0.05) is 31.2 Å². The average molecular weight is 151 g/mol. The summed E-state index contributed by atoms with van der Waals surface area (Å²) in [6.07, 6.45) is 9.77. The van der Waals surface area contributed by atoms with E-state index in [1.165, 1.54) is 13.0 Å². The molecular weight excluding hydrogens is 134 g/mol. The van der Waals surface area contributed by atoms with Crippen molar-refractivity contribution >= 4 is 0 Å². The van der Waals surface area contributed by atoms with Gasteiger partial charge >= 0.3 is 0 Å². The maximum Gasteiger partial charge on any atom is 0.0256 e. The van der Waals surface area contributed by atoms with Crippen LogP contribution < -0.4 is 5.32 Å². The molecule has 2 atom stereocenters. The molecule has 62 valence electrons. The number of rotatable bonds is 2. The van der Waals surface area contributed by atoms with Crippen molar-refractivity contribution in [2.45, 2.75) is 26.3 Å². The molecule has 1 heterocycles. The predicted molar refractivity (Wildman–Crippen MR) is 49.5 cm³/mol. The summed E-state index contributed by atoms with van der Waals surface area (Å²) in [6, 6.07) is 0.612. The van der Waals surface area contributed by atoms with E-state index < -0.39 is 0 Å². The molecule has 1 rings (SSSR count). The Hall–Kier alpha value is -0.560. The maximum absolute atomic E-state index is 3.44. The van der Waals surface area contributed by atoms with Crippen LogP contribution in [0.5, 0.6) is 0 Å². The minimum Gasteiger partial charge on any atom is -0.310 e. The maximum atomic E-state index is 3.44. The monoisotopic (exact) mass is 151 g/mol. The van der Waals surface area contributed by atoms with Crippen LogP contribution in [0.3, 0.4) is 0 Å². The zero-order chi connectivity index (χ0) is 8.10. The lowest BCUT2D eigenvalue weighted by Gasteiger charge is -2.00. The summed E-state index contributed by atoms with van der Waals surface area (Å²) in [5, 5.41) is 3.44. The van der Waals surface area contributed by atoms with Gasteiger partial charge in [0.1, 0.15) is 0 Å². The van der Waals surface area contributed by atoms with E-state index in [2.05, 4.69) is 36.5 Å². The number of allylic oxidation sites excluding steroid dienone is 3. The van der Waals surface area contributed by atoms with Crippen LogP contribution in [0.4, 0.5) is 0 Å². The van der Waals surface area contributed by atoms with E-state index in [1.807, 2.05) is 6.92 Å². The Balaban J connectivity index is 2.27. The van der Waals surface area contributed by atoms with Gasteiger partial charge in [0.2, 0.25) is 0 Å². The third-order valence-electron chi connectivity index (χ3n) is 2.03. The van der Waals surface area contributed by atoms with Crippen molar-refractivity contribution in [3.8, 4) is 0 Å². The van der Waals surface area contributed by atoms with E-state index in [0.717, 1.165) is 5.92 Å². The van der Waals surface area contributed by atoms with Crippen molar-refractivity contribution in [3.05, 3.63) is 24.3 Å².